The zero-order chi connectivity index (χ0) is 23.6. The zero-order valence-corrected chi connectivity index (χ0v) is 19.3. The average Bonchev–Trinajstić information content (AvgIpc) is 2.73. The molecule has 0 aliphatic rings. The van der Waals surface area contributed by atoms with Crippen LogP contribution in [-0.2, 0) is 23.1 Å². The molecule has 0 aliphatic heterocycles. The van der Waals surface area contributed by atoms with Crippen molar-refractivity contribution in [3.63, 3.8) is 0 Å². The molecule has 0 fully saturated rings. The number of hydrogen-bond acceptors (Lipinski definition) is 4. The molecular weight excluding hydrogens is 430 g/mol. The van der Waals surface area contributed by atoms with Gasteiger partial charge < -0.3 is 5.11 Å². The SMILES string of the molecule is CC(C)Cn1c(N(C)C(=O)O)c(-c2ccccc2)c2cc(CNS(C)(=O)=O)ccc2c1=O. The maximum atomic E-state index is 13.5. The molecule has 0 bridgehead atoms. The molecule has 8 nitrogen and oxygen atoms in total. The highest BCUT2D eigenvalue weighted by Crippen LogP contribution is 2.36. The molecule has 170 valence electrons. The number of pyridine rings is 1. The zero-order valence-electron chi connectivity index (χ0n) is 18.5. The van der Waals surface area contributed by atoms with Crippen molar-refractivity contribution >= 4 is 32.7 Å². The van der Waals surface area contributed by atoms with Crippen LogP contribution in [0.2, 0.25) is 0 Å². The van der Waals surface area contributed by atoms with Crippen LogP contribution >= 0.6 is 0 Å². The van der Waals surface area contributed by atoms with E-state index in [0.29, 0.717) is 28.4 Å². The third kappa shape index (κ3) is 5.00. The van der Waals surface area contributed by atoms with Gasteiger partial charge in [0.2, 0.25) is 10.0 Å². The van der Waals surface area contributed by atoms with Crippen molar-refractivity contribution in [2.45, 2.75) is 26.9 Å². The second kappa shape index (κ2) is 9.13. The fourth-order valence-electron chi connectivity index (χ4n) is 3.67. The van der Waals surface area contributed by atoms with Gasteiger partial charge in [0.1, 0.15) is 5.82 Å². The smallest absolute Gasteiger partial charge is 0.412 e. The van der Waals surface area contributed by atoms with E-state index in [1.54, 1.807) is 18.2 Å². The lowest BCUT2D eigenvalue weighted by Crippen LogP contribution is -2.34. The molecule has 3 rings (SSSR count). The summed E-state index contributed by atoms with van der Waals surface area (Å²) in [4.78, 5) is 26.5. The van der Waals surface area contributed by atoms with Gasteiger partial charge in [-0.2, -0.15) is 0 Å². The van der Waals surface area contributed by atoms with E-state index in [4.69, 9.17) is 0 Å². The summed E-state index contributed by atoms with van der Waals surface area (Å²) in [6.45, 7) is 4.33. The van der Waals surface area contributed by atoms with Crippen molar-refractivity contribution in [1.82, 2.24) is 9.29 Å². The van der Waals surface area contributed by atoms with Gasteiger partial charge in [-0.15, -0.1) is 0 Å². The lowest BCUT2D eigenvalue weighted by atomic mass is 9.96. The van der Waals surface area contributed by atoms with Gasteiger partial charge >= 0.3 is 6.09 Å². The molecule has 32 heavy (non-hydrogen) atoms. The minimum Gasteiger partial charge on any atom is -0.465 e. The second-order valence-electron chi connectivity index (χ2n) is 8.19. The number of benzene rings is 2. The van der Waals surface area contributed by atoms with E-state index in [1.807, 2.05) is 44.2 Å². The van der Waals surface area contributed by atoms with Crippen LogP contribution < -0.4 is 15.2 Å². The van der Waals surface area contributed by atoms with E-state index >= 15 is 0 Å². The molecule has 1 amide bonds. The third-order valence-electron chi connectivity index (χ3n) is 5.06. The maximum Gasteiger partial charge on any atom is 0.412 e. The Morgan fingerprint density at radius 2 is 1.78 bits per heavy atom. The molecule has 1 aromatic heterocycles. The fraction of sp³-hybridized carbons (Fsp3) is 0.304. The minimum absolute atomic E-state index is 0.0577. The van der Waals surface area contributed by atoms with Crippen molar-refractivity contribution in [3.8, 4) is 11.1 Å². The summed E-state index contributed by atoms with van der Waals surface area (Å²) < 4.78 is 27.0. The van der Waals surface area contributed by atoms with Crippen LogP contribution in [0.3, 0.4) is 0 Å². The number of aromatic nitrogens is 1. The number of anilines is 1. The lowest BCUT2D eigenvalue weighted by molar-refractivity contribution is 0.203. The number of hydrogen-bond donors (Lipinski definition) is 2. The van der Waals surface area contributed by atoms with Gasteiger partial charge in [0, 0.05) is 31.1 Å². The first-order chi connectivity index (χ1) is 15.0. The fourth-order valence-corrected chi connectivity index (χ4v) is 4.10. The number of sulfonamides is 1. The van der Waals surface area contributed by atoms with E-state index in [1.165, 1.54) is 11.6 Å². The van der Waals surface area contributed by atoms with Gasteiger partial charge in [0.15, 0.2) is 0 Å². The molecule has 3 aromatic rings. The highest BCUT2D eigenvalue weighted by atomic mass is 32.2. The minimum atomic E-state index is -3.40. The van der Waals surface area contributed by atoms with Crippen LogP contribution in [0.1, 0.15) is 19.4 Å². The van der Waals surface area contributed by atoms with E-state index in [9.17, 15) is 23.1 Å². The first kappa shape index (κ1) is 23.5. The first-order valence-electron chi connectivity index (χ1n) is 10.2. The standard InChI is InChI=1S/C23H27N3O5S/c1-15(2)14-26-21(25(3)23(28)29)20(17-8-6-5-7-9-17)19-12-16(13-24-32(4,30)31)10-11-18(19)22(26)27/h5-12,15,24H,13-14H2,1-4H3,(H,28,29). The maximum absolute atomic E-state index is 13.5. The summed E-state index contributed by atoms with van der Waals surface area (Å²) >= 11 is 0. The van der Waals surface area contributed by atoms with Gasteiger partial charge in [0.25, 0.3) is 5.56 Å². The Bertz CT molecular complexity index is 1310. The summed E-state index contributed by atoms with van der Waals surface area (Å²) in [5, 5.41) is 10.8. The second-order valence-corrected chi connectivity index (χ2v) is 10.0. The Balaban J connectivity index is 2.43. The lowest BCUT2D eigenvalue weighted by Gasteiger charge is -2.26. The predicted octanol–water partition coefficient (Wildman–Crippen LogP) is 3.49. The topological polar surface area (TPSA) is 109 Å². The normalized spacial score (nSPS) is 11.8. The molecule has 0 aliphatic carbocycles. The van der Waals surface area contributed by atoms with Crippen LogP contribution in [-0.4, -0.2) is 37.5 Å². The number of nitrogens with one attached hydrogen (secondary N) is 1. The monoisotopic (exact) mass is 457 g/mol. The Labute approximate surface area is 187 Å². The Kier molecular flexibility index (Phi) is 6.71. The molecule has 0 radical (unpaired) electrons. The Hall–Kier alpha value is -3.17. The molecule has 2 N–H and O–H groups in total. The molecule has 2 aromatic carbocycles. The van der Waals surface area contributed by atoms with Crippen LogP contribution in [0, 0.1) is 5.92 Å². The van der Waals surface area contributed by atoms with Crippen LogP contribution in [0.25, 0.3) is 21.9 Å². The number of nitrogens with zero attached hydrogens (tertiary/aromatic N) is 2. The number of carboxylic acid groups (broad SMARTS) is 1. The summed E-state index contributed by atoms with van der Waals surface area (Å²) in [5.41, 5.74) is 1.72. The molecule has 0 saturated carbocycles. The van der Waals surface area contributed by atoms with E-state index in [0.717, 1.165) is 16.7 Å². The van der Waals surface area contributed by atoms with Gasteiger partial charge in [0.05, 0.1) is 6.26 Å². The molecule has 0 spiro atoms. The number of fused-ring (bicyclic) bond motifs is 1. The number of carbonyl (C=O) groups is 1. The summed E-state index contributed by atoms with van der Waals surface area (Å²) in [6, 6.07) is 14.4. The Morgan fingerprint density at radius 1 is 1.12 bits per heavy atom. The van der Waals surface area contributed by atoms with Gasteiger partial charge in [-0.3, -0.25) is 14.3 Å². The molecular formula is C23H27N3O5S. The van der Waals surface area contributed by atoms with Crippen LogP contribution in [0.5, 0.6) is 0 Å². The molecule has 0 atom stereocenters. The van der Waals surface area contributed by atoms with Gasteiger partial charge in [-0.1, -0.05) is 50.2 Å². The van der Waals surface area contributed by atoms with Gasteiger partial charge in [-0.25, -0.2) is 17.9 Å². The van der Waals surface area contributed by atoms with E-state index in [-0.39, 0.29) is 23.8 Å². The molecule has 0 saturated heterocycles. The molecule has 1 heterocycles. The van der Waals surface area contributed by atoms with Gasteiger partial charge in [-0.05, 0) is 34.6 Å². The van der Waals surface area contributed by atoms with E-state index < -0.39 is 16.1 Å². The summed E-state index contributed by atoms with van der Waals surface area (Å²) in [5.74, 6) is 0.385. The third-order valence-corrected chi connectivity index (χ3v) is 5.73. The summed E-state index contributed by atoms with van der Waals surface area (Å²) in [6.07, 6.45) is -0.109. The van der Waals surface area contributed by atoms with Crippen molar-refractivity contribution in [3.05, 3.63) is 64.4 Å². The Morgan fingerprint density at radius 3 is 2.34 bits per heavy atom. The van der Waals surface area contributed by atoms with Crippen molar-refractivity contribution in [1.29, 1.82) is 0 Å². The van der Waals surface area contributed by atoms with Crippen molar-refractivity contribution < 1.29 is 18.3 Å². The highest BCUT2D eigenvalue weighted by molar-refractivity contribution is 7.88. The number of rotatable bonds is 7. The van der Waals surface area contributed by atoms with Crippen molar-refractivity contribution in [2.24, 2.45) is 5.92 Å². The molecule has 9 heteroatoms. The predicted molar refractivity (Wildman–Crippen MR) is 127 cm³/mol. The van der Waals surface area contributed by atoms with Crippen LogP contribution in [0.4, 0.5) is 10.6 Å². The van der Waals surface area contributed by atoms with E-state index in [2.05, 4.69) is 4.72 Å². The largest absolute Gasteiger partial charge is 0.465 e. The average molecular weight is 458 g/mol. The highest BCUT2D eigenvalue weighted by Gasteiger charge is 2.24. The van der Waals surface area contributed by atoms with Crippen molar-refractivity contribution in [2.75, 3.05) is 18.2 Å². The summed E-state index contributed by atoms with van der Waals surface area (Å²) in [7, 11) is -1.98. The number of amides is 1. The first-order valence-corrected chi connectivity index (χ1v) is 12.0. The molecule has 0 unspecified atom stereocenters. The van der Waals surface area contributed by atoms with Crippen LogP contribution in [0.15, 0.2) is 53.3 Å². The quantitative estimate of drug-likeness (QED) is 0.565.